The lowest BCUT2D eigenvalue weighted by Gasteiger charge is -2.20. The summed E-state index contributed by atoms with van der Waals surface area (Å²) in [6, 6.07) is 14.5. The zero-order valence-electron chi connectivity index (χ0n) is 12.0. The Bertz CT molecular complexity index is 694. The second-order valence-electron chi connectivity index (χ2n) is 5.35. The van der Waals surface area contributed by atoms with Crippen LogP contribution >= 0.6 is 12.4 Å². The van der Waals surface area contributed by atoms with Crippen LogP contribution in [0.3, 0.4) is 0 Å². The first-order chi connectivity index (χ1) is 10.2. The van der Waals surface area contributed by atoms with E-state index in [1.165, 1.54) is 12.1 Å². The maximum atomic E-state index is 13.0. The lowest BCUT2D eigenvalue weighted by Crippen LogP contribution is -2.26. The third kappa shape index (κ3) is 3.22. The Labute approximate surface area is 135 Å². The van der Waals surface area contributed by atoms with Gasteiger partial charge in [0.25, 0.3) is 0 Å². The normalized spacial score (nSPS) is 17.0. The summed E-state index contributed by atoms with van der Waals surface area (Å²) >= 11 is 0. The van der Waals surface area contributed by atoms with Gasteiger partial charge in [0.1, 0.15) is 11.9 Å². The highest BCUT2D eigenvalue weighted by Crippen LogP contribution is 2.29. The van der Waals surface area contributed by atoms with E-state index in [0.717, 1.165) is 36.3 Å². The van der Waals surface area contributed by atoms with Gasteiger partial charge in [-0.05, 0) is 41.8 Å². The zero-order valence-corrected chi connectivity index (χ0v) is 12.8. The fourth-order valence-corrected chi connectivity index (χ4v) is 2.73. The second kappa shape index (κ2) is 6.78. The molecule has 1 heterocycles. The summed E-state index contributed by atoms with van der Waals surface area (Å²) in [6.45, 7) is 1.66. The summed E-state index contributed by atoms with van der Waals surface area (Å²) in [6.07, 6.45) is 0.949. The quantitative estimate of drug-likeness (QED) is 0.924. The molecule has 22 heavy (non-hydrogen) atoms. The lowest BCUT2D eigenvalue weighted by atomic mass is 10.0. The first kappa shape index (κ1) is 16.3. The molecule has 1 saturated heterocycles. The van der Waals surface area contributed by atoms with Crippen LogP contribution in [0.1, 0.15) is 12.0 Å². The van der Waals surface area contributed by atoms with Crippen LogP contribution in [0.15, 0.2) is 42.5 Å². The van der Waals surface area contributed by atoms with E-state index in [1.54, 1.807) is 12.1 Å². The number of hydrogen-bond donors (Lipinski definition) is 1. The Hall–Kier alpha value is -2.09. The van der Waals surface area contributed by atoms with Gasteiger partial charge in [-0.15, -0.1) is 12.4 Å². The Balaban J connectivity index is 0.00000176. The minimum absolute atomic E-state index is 0. The minimum Gasteiger partial charge on any atom is -0.369 e. The molecule has 2 aromatic rings. The maximum Gasteiger partial charge on any atom is 0.123 e. The second-order valence-corrected chi connectivity index (χ2v) is 5.35. The van der Waals surface area contributed by atoms with Crippen LogP contribution in [0.25, 0.3) is 11.1 Å². The number of rotatable bonds is 2. The van der Waals surface area contributed by atoms with E-state index in [1.807, 2.05) is 18.2 Å². The lowest BCUT2D eigenvalue weighted by molar-refractivity contribution is 0.628. The fraction of sp³-hybridized carbons (Fsp3) is 0.235. The topological polar surface area (TPSA) is 53.0 Å². The van der Waals surface area contributed by atoms with Crippen molar-refractivity contribution in [1.82, 2.24) is 0 Å². The van der Waals surface area contributed by atoms with E-state index in [9.17, 15) is 9.65 Å². The van der Waals surface area contributed by atoms with Gasteiger partial charge in [-0.25, -0.2) is 4.39 Å². The van der Waals surface area contributed by atoms with Crippen molar-refractivity contribution in [2.24, 2.45) is 5.73 Å². The van der Waals surface area contributed by atoms with Gasteiger partial charge in [-0.1, -0.05) is 18.2 Å². The Kier molecular flexibility index (Phi) is 5.02. The number of nitrogens with two attached hydrogens (primary N) is 1. The number of anilines is 1. The third-order valence-corrected chi connectivity index (χ3v) is 3.86. The van der Waals surface area contributed by atoms with Gasteiger partial charge in [-0.2, -0.15) is 5.26 Å². The van der Waals surface area contributed by atoms with E-state index in [-0.39, 0.29) is 24.3 Å². The number of hydrogen-bond acceptors (Lipinski definition) is 3. The van der Waals surface area contributed by atoms with E-state index in [2.05, 4.69) is 11.0 Å². The molecule has 0 aliphatic carbocycles. The molecule has 1 unspecified atom stereocenters. The summed E-state index contributed by atoms with van der Waals surface area (Å²) < 4.78 is 13.0. The highest BCUT2D eigenvalue weighted by atomic mass is 35.5. The van der Waals surface area contributed by atoms with Crippen molar-refractivity contribution in [2.45, 2.75) is 12.5 Å². The molecule has 0 radical (unpaired) electrons. The van der Waals surface area contributed by atoms with Crippen molar-refractivity contribution < 1.29 is 4.39 Å². The van der Waals surface area contributed by atoms with E-state index < -0.39 is 0 Å². The van der Waals surface area contributed by atoms with Gasteiger partial charge < -0.3 is 10.6 Å². The van der Waals surface area contributed by atoms with E-state index >= 15 is 0 Å². The van der Waals surface area contributed by atoms with Crippen LogP contribution in [0, 0.1) is 17.1 Å². The number of nitrogens with zero attached hydrogens (tertiary/aromatic N) is 2. The molecule has 3 rings (SSSR count). The summed E-state index contributed by atoms with van der Waals surface area (Å²) in [5.41, 5.74) is 9.30. The van der Waals surface area contributed by atoms with Crippen LogP contribution in [-0.4, -0.2) is 19.1 Å². The number of halogens is 2. The van der Waals surface area contributed by atoms with Crippen LogP contribution in [0.4, 0.5) is 10.1 Å². The molecule has 1 fully saturated rings. The molecule has 1 aliphatic rings. The van der Waals surface area contributed by atoms with Gasteiger partial charge in [0, 0.05) is 19.1 Å². The molecular formula is C17H17ClFN3. The van der Waals surface area contributed by atoms with Gasteiger partial charge in [0.05, 0.1) is 11.3 Å². The van der Waals surface area contributed by atoms with E-state index in [4.69, 9.17) is 5.73 Å². The Morgan fingerprint density at radius 1 is 1.14 bits per heavy atom. The average Bonchev–Trinajstić information content (AvgIpc) is 2.94. The smallest absolute Gasteiger partial charge is 0.123 e. The van der Waals surface area contributed by atoms with E-state index in [0.29, 0.717) is 5.56 Å². The van der Waals surface area contributed by atoms with Crippen molar-refractivity contribution in [3.05, 3.63) is 53.8 Å². The first-order valence-electron chi connectivity index (χ1n) is 6.98. The van der Waals surface area contributed by atoms with Crippen molar-refractivity contribution in [3.8, 4) is 17.2 Å². The maximum absolute atomic E-state index is 13.0. The average molecular weight is 318 g/mol. The molecule has 114 valence electrons. The fourth-order valence-electron chi connectivity index (χ4n) is 2.73. The Morgan fingerprint density at radius 3 is 2.41 bits per heavy atom. The number of nitriles is 1. The largest absolute Gasteiger partial charge is 0.369 e. The Morgan fingerprint density at radius 2 is 1.82 bits per heavy atom. The van der Waals surface area contributed by atoms with Gasteiger partial charge in [-0.3, -0.25) is 0 Å². The molecule has 2 N–H and O–H groups in total. The monoisotopic (exact) mass is 317 g/mol. The van der Waals surface area contributed by atoms with Crippen LogP contribution < -0.4 is 10.6 Å². The standard InChI is InChI=1S/C17H16FN3.ClH/c18-15-4-1-12(2-5-15)13-3-6-17(14(9-13)10-19)21-8-7-16(20)11-21;/h1-6,9,16H,7-8,11,20H2;1H. The van der Waals surface area contributed by atoms with Gasteiger partial charge in [0.15, 0.2) is 0 Å². The summed E-state index contributed by atoms with van der Waals surface area (Å²) in [5, 5.41) is 9.39. The third-order valence-electron chi connectivity index (χ3n) is 3.86. The van der Waals surface area contributed by atoms with Crippen LogP contribution in [0.2, 0.25) is 0 Å². The zero-order chi connectivity index (χ0) is 14.8. The summed E-state index contributed by atoms with van der Waals surface area (Å²) in [4.78, 5) is 2.15. The molecule has 2 aromatic carbocycles. The summed E-state index contributed by atoms with van der Waals surface area (Å²) in [5.74, 6) is -0.262. The molecule has 0 saturated carbocycles. The van der Waals surface area contributed by atoms with Crippen molar-refractivity contribution in [3.63, 3.8) is 0 Å². The van der Waals surface area contributed by atoms with Crippen LogP contribution in [-0.2, 0) is 0 Å². The van der Waals surface area contributed by atoms with Crippen LogP contribution in [0.5, 0.6) is 0 Å². The highest BCUT2D eigenvalue weighted by Gasteiger charge is 2.21. The van der Waals surface area contributed by atoms with Crippen molar-refractivity contribution in [2.75, 3.05) is 18.0 Å². The minimum atomic E-state index is -0.262. The number of benzene rings is 2. The van der Waals surface area contributed by atoms with Gasteiger partial charge in [0.2, 0.25) is 0 Å². The molecule has 0 bridgehead atoms. The first-order valence-corrected chi connectivity index (χ1v) is 6.98. The van der Waals surface area contributed by atoms with Crippen molar-refractivity contribution >= 4 is 18.1 Å². The van der Waals surface area contributed by atoms with Gasteiger partial charge >= 0.3 is 0 Å². The predicted molar refractivity (Wildman–Crippen MR) is 88.6 cm³/mol. The molecule has 5 heteroatoms. The summed E-state index contributed by atoms with van der Waals surface area (Å²) in [7, 11) is 0. The SMILES string of the molecule is Cl.N#Cc1cc(-c2ccc(F)cc2)ccc1N1CCC(N)C1. The molecule has 1 atom stereocenters. The molecule has 0 aromatic heterocycles. The highest BCUT2D eigenvalue weighted by molar-refractivity contribution is 5.85. The molecular weight excluding hydrogens is 301 g/mol. The predicted octanol–water partition coefficient (Wildman–Crippen LogP) is 3.32. The molecule has 3 nitrogen and oxygen atoms in total. The molecule has 1 aliphatic heterocycles. The molecule has 0 amide bonds. The van der Waals surface area contributed by atoms with Crippen molar-refractivity contribution in [1.29, 1.82) is 5.26 Å². The molecule has 0 spiro atoms.